The first-order chi connectivity index (χ1) is 12.5. The van der Waals surface area contributed by atoms with Gasteiger partial charge >= 0.3 is 0 Å². The van der Waals surface area contributed by atoms with Crippen LogP contribution in [-0.2, 0) is 6.54 Å². The van der Waals surface area contributed by atoms with Crippen LogP contribution in [0, 0.1) is 6.92 Å². The Bertz CT molecular complexity index is 930. The molecular formula is C21H22N2O3. The molecule has 5 heteroatoms. The van der Waals surface area contributed by atoms with Gasteiger partial charge in [-0.05, 0) is 30.7 Å². The Morgan fingerprint density at radius 3 is 2.38 bits per heavy atom. The van der Waals surface area contributed by atoms with Crippen LogP contribution in [0.15, 0.2) is 54.6 Å². The van der Waals surface area contributed by atoms with E-state index in [-0.39, 0.29) is 0 Å². The van der Waals surface area contributed by atoms with Crippen molar-refractivity contribution >= 4 is 5.91 Å². The van der Waals surface area contributed by atoms with Crippen molar-refractivity contribution < 1.29 is 14.3 Å². The van der Waals surface area contributed by atoms with E-state index in [1.807, 2.05) is 49.4 Å². The molecular weight excluding hydrogens is 328 g/mol. The van der Waals surface area contributed by atoms with E-state index in [9.17, 15) is 4.79 Å². The molecule has 0 radical (unpaired) electrons. The van der Waals surface area contributed by atoms with Crippen LogP contribution < -0.4 is 15.2 Å². The second-order valence-corrected chi connectivity index (χ2v) is 6.03. The number of aromatic nitrogens is 1. The van der Waals surface area contributed by atoms with Gasteiger partial charge in [0.25, 0.3) is 5.91 Å². The van der Waals surface area contributed by atoms with Crippen molar-refractivity contribution in [3.05, 3.63) is 71.4 Å². The number of nitrogens with zero attached hydrogens (tertiary/aromatic N) is 1. The summed E-state index contributed by atoms with van der Waals surface area (Å²) in [5.41, 5.74) is 9.80. The Balaban J connectivity index is 2.17. The van der Waals surface area contributed by atoms with Crippen LogP contribution in [-0.4, -0.2) is 24.7 Å². The number of nitrogens with two attached hydrogens (primary N) is 1. The maximum Gasteiger partial charge on any atom is 0.250 e. The molecule has 0 spiro atoms. The highest BCUT2D eigenvalue weighted by Gasteiger charge is 2.19. The standard InChI is InChI=1S/C21H22N2O3/c1-14-18(21(22)24)12-19(23(14)13-15-7-5-4-6-8-15)17-10-9-16(25-2)11-20(17)26-3/h4-12H,13H2,1-3H3,(H2,22,24). The van der Waals surface area contributed by atoms with E-state index in [0.717, 1.165) is 22.5 Å². The molecule has 0 aliphatic rings. The summed E-state index contributed by atoms with van der Waals surface area (Å²) >= 11 is 0. The SMILES string of the molecule is COc1ccc(-c2cc(C(N)=O)c(C)n2Cc2ccccc2)c(OC)c1. The van der Waals surface area contributed by atoms with E-state index in [2.05, 4.69) is 16.7 Å². The van der Waals surface area contributed by atoms with Gasteiger partial charge in [0, 0.05) is 23.9 Å². The molecule has 3 aromatic rings. The van der Waals surface area contributed by atoms with E-state index < -0.39 is 5.91 Å². The van der Waals surface area contributed by atoms with Gasteiger partial charge in [-0.1, -0.05) is 30.3 Å². The molecule has 1 aromatic heterocycles. The van der Waals surface area contributed by atoms with E-state index >= 15 is 0 Å². The van der Waals surface area contributed by atoms with Crippen LogP contribution >= 0.6 is 0 Å². The molecule has 0 saturated carbocycles. The van der Waals surface area contributed by atoms with Gasteiger partial charge in [0.15, 0.2) is 0 Å². The molecule has 26 heavy (non-hydrogen) atoms. The van der Waals surface area contributed by atoms with E-state index in [1.165, 1.54) is 0 Å². The normalized spacial score (nSPS) is 10.6. The van der Waals surface area contributed by atoms with Gasteiger partial charge in [0.1, 0.15) is 11.5 Å². The zero-order valence-corrected chi connectivity index (χ0v) is 15.2. The molecule has 0 bridgehead atoms. The Morgan fingerprint density at radius 1 is 1.04 bits per heavy atom. The maximum absolute atomic E-state index is 11.9. The number of hydrogen-bond donors (Lipinski definition) is 1. The minimum absolute atomic E-state index is 0.442. The summed E-state index contributed by atoms with van der Waals surface area (Å²) in [4.78, 5) is 11.9. The molecule has 1 amide bonds. The number of methoxy groups -OCH3 is 2. The number of hydrogen-bond acceptors (Lipinski definition) is 3. The van der Waals surface area contributed by atoms with Gasteiger partial charge in [-0.25, -0.2) is 0 Å². The first kappa shape index (κ1) is 17.6. The van der Waals surface area contributed by atoms with Gasteiger partial charge in [-0.2, -0.15) is 0 Å². The van der Waals surface area contributed by atoms with Crippen molar-refractivity contribution in [2.24, 2.45) is 5.73 Å². The fourth-order valence-electron chi connectivity index (χ4n) is 3.10. The highest BCUT2D eigenvalue weighted by Crippen LogP contribution is 2.36. The van der Waals surface area contributed by atoms with Crippen molar-refractivity contribution in [2.75, 3.05) is 14.2 Å². The summed E-state index contributed by atoms with van der Waals surface area (Å²) in [6.45, 7) is 2.53. The van der Waals surface area contributed by atoms with Gasteiger partial charge in [0.05, 0.1) is 25.5 Å². The molecule has 0 fully saturated rings. The highest BCUT2D eigenvalue weighted by molar-refractivity contribution is 5.96. The predicted molar refractivity (Wildman–Crippen MR) is 102 cm³/mol. The van der Waals surface area contributed by atoms with Crippen molar-refractivity contribution in [1.82, 2.24) is 4.57 Å². The number of ether oxygens (including phenoxy) is 2. The molecule has 3 rings (SSSR count). The zero-order valence-electron chi connectivity index (χ0n) is 15.2. The second-order valence-electron chi connectivity index (χ2n) is 6.03. The van der Waals surface area contributed by atoms with E-state index in [4.69, 9.17) is 15.2 Å². The lowest BCUT2D eigenvalue weighted by atomic mass is 10.1. The molecule has 5 nitrogen and oxygen atoms in total. The third-order valence-corrected chi connectivity index (χ3v) is 4.50. The van der Waals surface area contributed by atoms with Crippen molar-refractivity contribution in [3.63, 3.8) is 0 Å². The van der Waals surface area contributed by atoms with Crippen molar-refractivity contribution in [2.45, 2.75) is 13.5 Å². The topological polar surface area (TPSA) is 66.5 Å². The average Bonchev–Trinajstić information content (AvgIpc) is 2.98. The van der Waals surface area contributed by atoms with Crippen LogP contribution in [0.4, 0.5) is 0 Å². The molecule has 1 heterocycles. The fourth-order valence-corrected chi connectivity index (χ4v) is 3.10. The maximum atomic E-state index is 11.9. The molecule has 0 aliphatic heterocycles. The first-order valence-electron chi connectivity index (χ1n) is 8.31. The Hall–Kier alpha value is -3.21. The number of rotatable bonds is 6. The van der Waals surface area contributed by atoms with Crippen LogP contribution in [0.5, 0.6) is 11.5 Å². The average molecular weight is 350 g/mol. The molecule has 2 N–H and O–H groups in total. The van der Waals surface area contributed by atoms with Crippen molar-refractivity contribution in [3.8, 4) is 22.8 Å². The third-order valence-electron chi connectivity index (χ3n) is 4.50. The summed E-state index contributed by atoms with van der Waals surface area (Å²) in [5.74, 6) is 0.939. The van der Waals surface area contributed by atoms with Gasteiger partial charge in [0.2, 0.25) is 0 Å². The Kier molecular flexibility index (Phi) is 4.98. The summed E-state index contributed by atoms with van der Waals surface area (Å²) < 4.78 is 12.9. The number of benzene rings is 2. The van der Waals surface area contributed by atoms with Crippen LogP contribution in [0.1, 0.15) is 21.6 Å². The highest BCUT2D eigenvalue weighted by atomic mass is 16.5. The van der Waals surface area contributed by atoms with Crippen LogP contribution in [0.25, 0.3) is 11.3 Å². The largest absolute Gasteiger partial charge is 0.497 e. The molecule has 0 aliphatic carbocycles. The molecule has 0 saturated heterocycles. The van der Waals surface area contributed by atoms with Crippen molar-refractivity contribution in [1.29, 1.82) is 0 Å². The van der Waals surface area contributed by atoms with Gasteiger partial charge in [-0.15, -0.1) is 0 Å². The minimum atomic E-state index is -0.442. The summed E-state index contributed by atoms with van der Waals surface area (Å²) in [7, 11) is 3.23. The second kappa shape index (κ2) is 7.35. The lowest BCUT2D eigenvalue weighted by Gasteiger charge is -2.15. The third kappa shape index (κ3) is 3.28. The predicted octanol–water partition coefficient (Wildman–Crippen LogP) is 3.63. The van der Waals surface area contributed by atoms with E-state index in [1.54, 1.807) is 14.2 Å². The Labute approximate surface area is 153 Å². The zero-order chi connectivity index (χ0) is 18.7. The molecule has 0 unspecified atom stereocenters. The number of primary amides is 1. The number of carbonyl (C=O) groups is 1. The number of carbonyl (C=O) groups excluding carboxylic acids is 1. The minimum Gasteiger partial charge on any atom is -0.497 e. The summed E-state index contributed by atoms with van der Waals surface area (Å²) in [5, 5.41) is 0. The van der Waals surface area contributed by atoms with Crippen LogP contribution in [0.3, 0.4) is 0 Å². The molecule has 134 valence electrons. The van der Waals surface area contributed by atoms with Crippen LogP contribution in [0.2, 0.25) is 0 Å². The van der Waals surface area contributed by atoms with E-state index in [0.29, 0.717) is 23.6 Å². The molecule has 0 atom stereocenters. The van der Waals surface area contributed by atoms with Gasteiger partial charge < -0.3 is 19.8 Å². The number of amides is 1. The lowest BCUT2D eigenvalue weighted by Crippen LogP contribution is -2.12. The summed E-state index contributed by atoms with van der Waals surface area (Å²) in [6.07, 6.45) is 0. The quantitative estimate of drug-likeness (QED) is 0.738. The lowest BCUT2D eigenvalue weighted by molar-refractivity contribution is 0.0999. The Morgan fingerprint density at radius 2 is 1.77 bits per heavy atom. The smallest absolute Gasteiger partial charge is 0.250 e. The molecule has 2 aromatic carbocycles. The fraction of sp³-hybridized carbons (Fsp3) is 0.190. The first-order valence-corrected chi connectivity index (χ1v) is 8.31. The summed E-state index contributed by atoms with van der Waals surface area (Å²) in [6, 6.07) is 17.5. The van der Waals surface area contributed by atoms with Gasteiger partial charge in [-0.3, -0.25) is 4.79 Å². The monoisotopic (exact) mass is 350 g/mol.